The van der Waals surface area contributed by atoms with Crippen LogP contribution in [0.1, 0.15) is 15.9 Å². The van der Waals surface area contributed by atoms with Gasteiger partial charge in [0, 0.05) is 38.9 Å². The first-order valence-electron chi connectivity index (χ1n) is 6.42. The van der Waals surface area contributed by atoms with Crippen molar-refractivity contribution in [3.63, 3.8) is 0 Å². The number of carbonyl (C=O) groups excluding carboxylic acids is 1. The molecular weight excluding hydrogens is 242 g/mol. The molecule has 5 heteroatoms. The molecule has 0 atom stereocenters. The molecule has 5 nitrogen and oxygen atoms in total. The molecule has 3 N–H and O–H groups in total. The normalized spacial score (nSPS) is 10.7. The summed E-state index contributed by atoms with van der Waals surface area (Å²) in [4.78, 5) is 14.0. The number of hydrogen-bond acceptors (Lipinski definition) is 4. The molecule has 0 bridgehead atoms. The van der Waals surface area contributed by atoms with Gasteiger partial charge >= 0.3 is 0 Å². The van der Waals surface area contributed by atoms with Gasteiger partial charge in [0.2, 0.25) is 0 Å². The highest BCUT2D eigenvalue weighted by molar-refractivity contribution is 5.94. The molecule has 0 unspecified atom stereocenters. The molecule has 0 aliphatic heterocycles. The average molecular weight is 265 g/mol. The van der Waals surface area contributed by atoms with Crippen molar-refractivity contribution in [1.29, 1.82) is 0 Å². The van der Waals surface area contributed by atoms with Gasteiger partial charge in [0.05, 0.1) is 6.61 Å². The van der Waals surface area contributed by atoms with E-state index in [4.69, 9.17) is 10.5 Å². The number of nitrogens with two attached hydrogens (primary N) is 1. The molecular formula is C14H23N3O2. The van der Waals surface area contributed by atoms with Crippen LogP contribution in [0.2, 0.25) is 0 Å². The van der Waals surface area contributed by atoms with E-state index in [2.05, 4.69) is 10.2 Å². The molecule has 0 aliphatic rings. The van der Waals surface area contributed by atoms with E-state index in [1.165, 1.54) is 0 Å². The molecule has 106 valence electrons. The topological polar surface area (TPSA) is 67.6 Å². The first-order valence-corrected chi connectivity index (χ1v) is 6.42. The predicted molar refractivity (Wildman–Crippen MR) is 76.0 cm³/mol. The molecule has 0 aliphatic carbocycles. The molecule has 1 amide bonds. The van der Waals surface area contributed by atoms with Gasteiger partial charge in [-0.3, -0.25) is 4.79 Å². The van der Waals surface area contributed by atoms with Crippen LogP contribution in [0.5, 0.6) is 0 Å². The van der Waals surface area contributed by atoms with Crippen molar-refractivity contribution >= 4 is 5.91 Å². The van der Waals surface area contributed by atoms with Gasteiger partial charge in [-0.05, 0) is 24.7 Å². The Balaban J connectivity index is 2.34. The van der Waals surface area contributed by atoms with Crippen LogP contribution in [0.4, 0.5) is 0 Å². The third kappa shape index (κ3) is 5.83. The summed E-state index contributed by atoms with van der Waals surface area (Å²) in [5.41, 5.74) is 7.17. The lowest BCUT2D eigenvalue weighted by molar-refractivity contribution is 0.0947. The lowest BCUT2D eigenvalue weighted by Crippen LogP contribution is -2.34. The summed E-state index contributed by atoms with van der Waals surface area (Å²) in [6.07, 6.45) is 0. The summed E-state index contributed by atoms with van der Waals surface area (Å²) in [5.74, 6) is -0.0598. The Morgan fingerprint density at radius 1 is 1.42 bits per heavy atom. The second-order valence-electron chi connectivity index (χ2n) is 4.46. The van der Waals surface area contributed by atoms with E-state index in [9.17, 15) is 4.79 Å². The van der Waals surface area contributed by atoms with Crippen LogP contribution < -0.4 is 11.1 Å². The van der Waals surface area contributed by atoms with Crippen molar-refractivity contribution in [3.05, 3.63) is 35.4 Å². The van der Waals surface area contributed by atoms with Crippen LogP contribution in [0, 0.1) is 0 Å². The molecule has 0 heterocycles. The Morgan fingerprint density at radius 2 is 2.21 bits per heavy atom. The van der Waals surface area contributed by atoms with E-state index in [-0.39, 0.29) is 5.91 Å². The molecule has 1 aromatic carbocycles. The fourth-order valence-electron chi connectivity index (χ4n) is 1.66. The number of nitrogens with one attached hydrogen (secondary N) is 1. The van der Waals surface area contributed by atoms with E-state index >= 15 is 0 Å². The molecule has 0 aromatic heterocycles. The van der Waals surface area contributed by atoms with Crippen LogP contribution in [0.3, 0.4) is 0 Å². The zero-order chi connectivity index (χ0) is 14.1. The molecule has 0 spiro atoms. The number of carbonyl (C=O) groups is 1. The summed E-state index contributed by atoms with van der Waals surface area (Å²) in [6, 6.07) is 7.38. The third-order valence-electron chi connectivity index (χ3n) is 2.88. The Hall–Kier alpha value is -1.43. The Labute approximate surface area is 114 Å². The monoisotopic (exact) mass is 265 g/mol. The first-order chi connectivity index (χ1) is 9.17. The minimum Gasteiger partial charge on any atom is -0.383 e. The van der Waals surface area contributed by atoms with Gasteiger partial charge in [0.25, 0.3) is 5.91 Å². The zero-order valence-electron chi connectivity index (χ0n) is 11.7. The summed E-state index contributed by atoms with van der Waals surface area (Å²) in [5, 5.41) is 2.90. The number of rotatable bonds is 8. The van der Waals surface area contributed by atoms with E-state index in [0.717, 1.165) is 18.7 Å². The van der Waals surface area contributed by atoms with Crippen LogP contribution in [0.25, 0.3) is 0 Å². The van der Waals surface area contributed by atoms with E-state index in [1.807, 2.05) is 25.2 Å². The number of ether oxygens (including phenoxy) is 1. The molecule has 0 fully saturated rings. The minimum absolute atomic E-state index is 0.0598. The molecule has 0 saturated carbocycles. The number of hydrogen-bond donors (Lipinski definition) is 2. The molecule has 0 saturated heterocycles. The van der Waals surface area contributed by atoms with Gasteiger partial charge in [-0.25, -0.2) is 0 Å². The van der Waals surface area contributed by atoms with Crippen molar-refractivity contribution in [1.82, 2.24) is 10.2 Å². The van der Waals surface area contributed by atoms with Crippen molar-refractivity contribution in [2.75, 3.05) is 40.4 Å². The van der Waals surface area contributed by atoms with Crippen LogP contribution in [0.15, 0.2) is 24.3 Å². The standard InChI is InChI=1S/C14H23N3O2/c1-17(8-9-19-2)7-6-16-14(18)13-5-3-4-12(10-13)11-15/h3-5,10H,6-9,11,15H2,1-2H3,(H,16,18). The summed E-state index contributed by atoms with van der Waals surface area (Å²) in [7, 11) is 3.68. The number of methoxy groups -OCH3 is 1. The minimum atomic E-state index is -0.0598. The molecule has 0 radical (unpaired) electrons. The number of amides is 1. The molecule has 19 heavy (non-hydrogen) atoms. The lowest BCUT2D eigenvalue weighted by Gasteiger charge is -2.16. The number of nitrogens with zero attached hydrogens (tertiary/aromatic N) is 1. The van der Waals surface area contributed by atoms with E-state index in [1.54, 1.807) is 13.2 Å². The summed E-state index contributed by atoms with van der Waals surface area (Å²) < 4.78 is 4.99. The SMILES string of the molecule is COCCN(C)CCNC(=O)c1cccc(CN)c1. The highest BCUT2D eigenvalue weighted by atomic mass is 16.5. The Morgan fingerprint density at radius 3 is 2.89 bits per heavy atom. The van der Waals surface area contributed by atoms with Crippen LogP contribution in [-0.2, 0) is 11.3 Å². The lowest BCUT2D eigenvalue weighted by atomic mass is 10.1. The van der Waals surface area contributed by atoms with Crippen molar-refractivity contribution in [2.45, 2.75) is 6.54 Å². The van der Waals surface area contributed by atoms with Crippen molar-refractivity contribution < 1.29 is 9.53 Å². The smallest absolute Gasteiger partial charge is 0.251 e. The second kappa shape index (κ2) is 8.63. The van der Waals surface area contributed by atoms with Gasteiger partial charge in [-0.15, -0.1) is 0 Å². The first kappa shape index (κ1) is 15.6. The van der Waals surface area contributed by atoms with Gasteiger partial charge < -0.3 is 20.7 Å². The van der Waals surface area contributed by atoms with Crippen molar-refractivity contribution in [3.8, 4) is 0 Å². The largest absolute Gasteiger partial charge is 0.383 e. The maximum atomic E-state index is 11.9. The zero-order valence-corrected chi connectivity index (χ0v) is 11.7. The summed E-state index contributed by atoms with van der Waals surface area (Å²) >= 11 is 0. The summed E-state index contributed by atoms with van der Waals surface area (Å²) in [6.45, 7) is 3.41. The van der Waals surface area contributed by atoms with E-state index in [0.29, 0.717) is 25.3 Å². The highest BCUT2D eigenvalue weighted by Gasteiger charge is 2.05. The van der Waals surface area contributed by atoms with Gasteiger partial charge in [0.15, 0.2) is 0 Å². The second-order valence-corrected chi connectivity index (χ2v) is 4.46. The van der Waals surface area contributed by atoms with Gasteiger partial charge in [-0.1, -0.05) is 12.1 Å². The molecule has 1 rings (SSSR count). The van der Waals surface area contributed by atoms with Gasteiger partial charge in [-0.2, -0.15) is 0 Å². The fourth-order valence-corrected chi connectivity index (χ4v) is 1.66. The third-order valence-corrected chi connectivity index (χ3v) is 2.88. The highest BCUT2D eigenvalue weighted by Crippen LogP contribution is 2.04. The number of likely N-dealkylation sites (N-methyl/N-ethyl adjacent to an activating group) is 1. The van der Waals surface area contributed by atoms with Crippen LogP contribution in [-0.4, -0.2) is 51.2 Å². The average Bonchev–Trinajstić information content (AvgIpc) is 2.45. The fraction of sp³-hybridized carbons (Fsp3) is 0.500. The predicted octanol–water partition coefficient (Wildman–Crippen LogP) is 0.453. The van der Waals surface area contributed by atoms with Crippen molar-refractivity contribution in [2.24, 2.45) is 5.73 Å². The molecule has 1 aromatic rings. The van der Waals surface area contributed by atoms with Crippen LogP contribution >= 0.6 is 0 Å². The quantitative estimate of drug-likeness (QED) is 0.716. The maximum absolute atomic E-state index is 11.9. The number of benzene rings is 1. The Kier molecular flexibility index (Phi) is 7.10. The Bertz CT molecular complexity index is 396. The van der Waals surface area contributed by atoms with Gasteiger partial charge in [0.1, 0.15) is 0 Å². The van der Waals surface area contributed by atoms with E-state index < -0.39 is 0 Å². The maximum Gasteiger partial charge on any atom is 0.251 e.